The Morgan fingerprint density at radius 1 is 1.05 bits per heavy atom. The minimum Gasteiger partial charge on any atom is -0.450 e. The van der Waals surface area contributed by atoms with Crippen LogP contribution in [0.1, 0.15) is 59.7 Å². The number of amides is 1. The van der Waals surface area contributed by atoms with E-state index in [0.29, 0.717) is 32.0 Å². The first-order valence-electron chi connectivity index (χ1n) is 12.9. The summed E-state index contributed by atoms with van der Waals surface area (Å²) in [5.74, 6) is 0.145. The van der Waals surface area contributed by atoms with Crippen LogP contribution in [0.25, 0.3) is 10.8 Å². The molecule has 1 aromatic heterocycles. The number of carbonyl (C=O) groups excluding carboxylic acids is 1. The van der Waals surface area contributed by atoms with E-state index in [1.165, 1.54) is 10.4 Å². The van der Waals surface area contributed by atoms with Gasteiger partial charge in [-0.15, -0.1) is 9.94 Å². The largest absolute Gasteiger partial charge is 0.450 e. The fraction of sp³-hybridized carbons (Fsp3) is 0.333. The van der Waals surface area contributed by atoms with Crippen LogP contribution >= 0.6 is 0 Å². The molecule has 7 nitrogen and oxygen atoms in total. The first-order valence-corrected chi connectivity index (χ1v) is 12.9. The van der Waals surface area contributed by atoms with Crippen molar-refractivity contribution in [3.05, 3.63) is 101 Å². The Morgan fingerprint density at radius 3 is 2.57 bits per heavy atom. The molecule has 3 aromatic carbocycles. The number of aryl methyl sites for hydroxylation is 1. The number of fused-ring (bicyclic) bond motifs is 1. The van der Waals surface area contributed by atoms with Crippen LogP contribution < -0.4 is 4.84 Å². The molecule has 0 spiro atoms. The van der Waals surface area contributed by atoms with Crippen LogP contribution in [0.4, 0.5) is 4.79 Å². The van der Waals surface area contributed by atoms with Gasteiger partial charge in [-0.25, -0.2) is 4.79 Å². The van der Waals surface area contributed by atoms with E-state index in [2.05, 4.69) is 25.1 Å². The lowest BCUT2D eigenvalue weighted by atomic mass is 9.87. The lowest BCUT2D eigenvalue weighted by Crippen LogP contribution is -2.38. The highest BCUT2D eigenvalue weighted by Crippen LogP contribution is 2.35. The molecule has 1 atom stereocenters. The molecule has 192 valence electrons. The van der Waals surface area contributed by atoms with Crippen LogP contribution in [0.2, 0.25) is 0 Å². The minimum absolute atomic E-state index is 0.145. The molecule has 4 aromatic rings. The molecule has 1 aliphatic heterocycles. The quantitative estimate of drug-likeness (QED) is 0.369. The van der Waals surface area contributed by atoms with Gasteiger partial charge in [-0.05, 0) is 60.6 Å². The maximum atomic E-state index is 12.2. The van der Waals surface area contributed by atoms with Crippen LogP contribution in [0.3, 0.4) is 0 Å². The van der Waals surface area contributed by atoms with Crippen LogP contribution in [-0.2, 0) is 11.3 Å². The molecule has 1 fully saturated rings. The monoisotopic (exact) mass is 499 g/mol. The fourth-order valence-corrected chi connectivity index (χ4v) is 4.99. The summed E-state index contributed by atoms with van der Waals surface area (Å²) in [6.45, 7) is 5.82. The summed E-state index contributed by atoms with van der Waals surface area (Å²) in [6, 6.07) is 22.3. The number of aliphatic hydroxyl groups is 1. The van der Waals surface area contributed by atoms with Gasteiger partial charge in [-0.3, -0.25) is 0 Å². The van der Waals surface area contributed by atoms with Gasteiger partial charge in [0.1, 0.15) is 18.4 Å². The van der Waals surface area contributed by atoms with Gasteiger partial charge in [0.2, 0.25) is 0 Å². The zero-order chi connectivity index (χ0) is 25.8. The predicted molar refractivity (Wildman–Crippen MR) is 142 cm³/mol. The van der Waals surface area contributed by atoms with E-state index >= 15 is 0 Å². The number of carbonyl (C=O) groups is 1. The van der Waals surface area contributed by atoms with Crippen molar-refractivity contribution in [1.82, 2.24) is 14.8 Å². The van der Waals surface area contributed by atoms with Crippen LogP contribution in [0.5, 0.6) is 0 Å². The average Bonchev–Trinajstić information content (AvgIpc) is 3.36. The number of likely N-dealkylation sites (tertiary alicyclic amines) is 1. The Bertz CT molecular complexity index is 1360. The standard InChI is InChI=1S/C30H33N3O4/c1-3-36-30(35)32-15-13-24(14-16-32)27-19-33(37-20-22-7-5-4-6-8-22)31-28(27)29(34)25-12-11-23-10-9-21(2)17-26(23)18-25/h4-12,17-19,24,29,34H,3,13-16,20H2,1-2H3. The Labute approximate surface area is 217 Å². The van der Waals surface area contributed by atoms with Crippen molar-refractivity contribution in [2.75, 3.05) is 19.7 Å². The highest BCUT2D eigenvalue weighted by molar-refractivity contribution is 5.84. The summed E-state index contributed by atoms with van der Waals surface area (Å²) in [6.07, 6.45) is 2.25. The van der Waals surface area contributed by atoms with E-state index in [1.807, 2.05) is 61.7 Å². The van der Waals surface area contributed by atoms with E-state index in [4.69, 9.17) is 14.7 Å². The van der Waals surface area contributed by atoms with Crippen molar-refractivity contribution >= 4 is 16.9 Å². The number of aromatic nitrogens is 2. The van der Waals surface area contributed by atoms with Crippen molar-refractivity contribution in [2.45, 2.75) is 45.3 Å². The maximum Gasteiger partial charge on any atom is 0.409 e. The number of rotatable bonds is 7. The van der Waals surface area contributed by atoms with E-state index in [-0.39, 0.29) is 12.0 Å². The number of benzene rings is 3. The highest BCUT2D eigenvalue weighted by atomic mass is 16.7. The molecule has 1 amide bonds. The third kappa shape index (κ3) is 5.62. The number of aliphatic hydroxyl groups excluding tert-OH is 1. The Morgan fingerprint density at radius 2 is 1.81 bits per heavy atom. The van der Waals surface area contributed by atoms with E-state index in [1.54, 1.807) is 4.90 Å². The van der Waals surface area contributed by atoms with E-state index in [0.717, 1.165) is 40.3 Å². The Hall–Kier alpha value is -3.84. The Balaban J connectivity index is 1.42. The van der Waals surface area contributed by atoms with Crippen LogP contribution in [-0.4, -0.2) is 45.7 Å². The topological polar surface area (TPSA) is 76.8 Å². The molecule has 0 saturated carbocycles. The molecular weight excluding hydrogens is 466 g/mol. The van der Waals surface area contributed by atoms with Crippen molar-refractivity contribution in [2.24, 2.45) is 0 Å². The SMILES string of the molecule is CCOC(=O)N1CCC(c2cn(OCc3ccccc3)nc2C(O)c2ccc3ccc(C)cc3c2)CC1. The summed E-state index contributed by atoms with van der Waals surface area (Å²) < 4.78 is 5.17. The van der Waals surface area contributed by atoms with Gasteiger partial charge in [0.25, 0.3) is 0 Å². The molecule has 0 radical (unpaired) electrons. The second-order valence-corrected chi connectivity index (χ2v) is 9.60. The smallest absolute Gasteiger partial charge is 0.409 e. The number of ether oxygens (including phenoxy) is 1. The zero-order valence-corrected chi connectivity index (χ0v) is 21.3. The number of nitrogens with zero attached hydrogens (tertiary/aromatic N) is 3. The first-order chi connectivity index (χ1) is 18.0. The Kier molecular flexibility index (Phi) is 7.42. The number of piperidine rings is 1. The summed E-state index contributed by atoms with van der Waals surface area (Å²) in [4.78, 5) is 21.4. The molecule has 5 rings (SSSR count). The third-order valence-electron chi connectivity index (χ3n) is 7.01. The maximum absolute atomic E-state index is 12.2. The summed E-state index contributed by atoms with van der Waals surface area (Å²) in [7, 11) is 0. The number of hydrogen-bond acceptors (Lipinski definition) is 5. The molecule has 37 heavy (non-hydrogen) atoms. The molecule has 0 aliphatic carbocycles. The first kappa shape index (κ1) is 24.8. The summed E-state index contributed by atoms with van der Waals surface area (Å²) in [5, 5.41) is 18.4. The lowest BCUT2D eigenvalue weighted by molar-refractivity contribution is 0.0667. The molecule has 1 unspecified atom stereocenters. The van der Waals surface area contributed by atoms with Gasteiger partial charge in [0.05, 0.1) is 12.8 Å². The van der Waals surface area contributed by atoms with Crippen LogP contribution in [0, 0.1) is 6.92 Å². The van der Waals surface area contributed by atoms with Gasteiger partial charge in [-0.2, -0.15) is 0 Å². The predicted octanol–water partition coefficient (Wildman–Crippen LogP) is 5.39. The second kappa shape index (κ2) is 11.0. The second-order valence-electron chi connectivity index (χ2n) is 9.60. The lowest BCUT2D eigenvalue weighted by Gasteiger charge is -2.31. The minimum atomic E-state index is -0.899. The van der Waals surface area contributed by atoms with E-state index in [9.17, 15) is 9.90 Å². The molecule has 0 bridgehead atoms. The van der Waals surface area contributed by atoms with E-state index < -0.39 is 6.10 Å². The molecular formula is C30H33N3O4. The van der Waals surface area contributed by atoms with Gasteiger partial charge >= 0.3 is 6.09 Å². The van der Waals surface area contributed by atoms with Gasteiger partial charge in [-0.1, -0.05) is 66.2 Å². The van der Waals surface area contributed by atoms with Crippen molar-refractivity contribution in [3.8, 4) is 0 Å². The summed E-state index contributed by atoms with van der Waals surface area (Å²) >= 11 is 0. The van der Waals surface area contributed by atoms with Crippen molar-refractivity contribution in [1.29, 1.82) is 0 Å². The third-order valence-corrected chi connectivity index (χ3v) is 7.01. The van der Waals surface area contributed by atoms with Crippen molar-refractivity contribution < 1.29 is 19.5 Å². The number of hydrogen-bond donors (Lipinski definition) is 1. The van der Waals surface area contributed by atoms with Crippen LogP contribution in [0.15, 0.2) is 72.9 Å². The average molecular weight is 500 g/mol. The normalized spacial score (nSPS) is 15.1. The zero-order valence-electron chi connectivity index (χ0n) is 21.3. The van der Waals surface area contributed by atoms with Gasteiger partial charge in [0, 0.05) is 18.7 Å². The molecule has 2 heterocycles. The van der Waals surface area contributed by atoms with Gasteiger partial charge < -0.3 is 19.6 Å². The fourth-order valence-electron chi connectivity index (χ4n) is 4.99. The molecule has 1 N–H and O–H groups in total. The van der Waals surface area contributed by atoms with Crippen molar-refractivity contribution in [3.63, 3.8) is 0 Å². The molecule has 1 saturated heterocycles. The van der Waals surface area contributed by atoms with Gasteiger partial charge in [0.15, 0.2) is 0 Å². The molecule has 1 aliphatic rings. The summed E-state index contributed by atoms with van der Waals surface area (Å²) in [5.41, 5.74) is 4.54. The highest BCUT2D eigenvalue weighted by Gasteiger charge is 2.30. The molecule has 7 heteroatoms.